The molecule has 2 aliphatic rings. The Balaban J connectivity index is 1.67. The number of hydrogen-bond acceptors (Lipinski definition) is 5. The molecule has 1 aromatic heterocycles. The van der Waals surface area contributed by atoms with E-state index in [2.05, 4.69) is 22.5 Å². The van der Waals surface area contributed by atoms with Crippen LogP contribution in [0, 0.1) is 5.92 Å². The van der Waals surface area contributed by atoms with Crippen molar-refractivity contribution in [1.29, 1.82) is 0 Å². The van der Waals surface area contributed by atoms with Crippen LogP contribution in [0.1, 0.15) is 30.3 Å². The van der Waals surface area contributed by atoms with Gasteiger partial charge in [0.2, 0.25) is 5.91 Å². The van der Waals surface area contributed by atoms with Crippen LogP contribution >= 0.6 is 11.3 Å². The molecule has 0 spiro atoms. The Morgan fingerprint density at radius 3 is 3.32 bits per heavy atom. The Kier molecular flexibility index (Phi) is 3.81. The molecule has 2 N–H and O–H groups in total. The number of nitrogens with zero attached hydrogens (tertiary/aromatic N) is 1. The quantitative estimate of drug-likeness (QED) is 0.882. The van der Waals surface area contributed by atoms with Gasteiger partial charge < -0.3 is 15.4 Å². The summed E-state index contributed by atoms with van der Waals surface area (Å²) in [5, 5.41) is 7.02. The highest BCUT2D eigenvalue weighted by Gasteiger charge is 2.33. The minimum atomic E-state index is -0.0240. The van der Waals surface area contributed by atoms with E-state index >= 15 is 0 Å². The molecule has 2 atom stereocenters. The van der Waals surface area contributed by atoms with E-state index in [4.69, 9.17) is 4.74 Å². The molecule has 3 heterocycles. The van der Waals surface area contributed by atoms with Gasteiger partial charge >= 0.3 is 0 Å². The lowest BCUT2D eigenvalue weighted by molar-refractivity contribution is -0.121. The SMILES string of the molecule is CCC1OCCC1C(=O)Nc1nc2c(s1)CNCC2. The number of thiazole rings is 1. The molecular weight excluding hydrogens is 262 g/mol. The zero-order valence-electron chi connectivity index (χ0n) is 11.1. The lowest BCUT2D eigenvalue weighted by atomic mass is 9.99. The maximum Gasteiger partial charge on any atom is 0.231 e. The van der Waals surface area contributed by atoms with Crippen LogP contribution < -0.4 is 10.6 Å². The first-order chi connectivity index (χ1) is 9.28. The van der Waals surface area contributed by atoms with Crippen LogP contribution in [-0.4, -0.2) is 30.1 Å². The molecule has 2 aliphatic heterocycles. The van der Waals surface area contributed by atoms with Gasteiger partial charge in [-0.15, -0.1) is 11.3 Å². The van der Waals surface area contributed by atoms with Crippen LogP contribution in [-0.2, 0) is 22.5 Å². The van der Waals surface area contributed by atoms with Gasteiger partial charge in [0.25, 0.3) is 0 Å². The molecule has 1 saturated heterocycles. The molecule has 0 aliphatic carbocycles. The van der Waals surface area contributed by atoms with Crippen molar-refractivity contribution in [3.63, 3.8) is 0 Å². The van der Waals surface area contributed by atoms with Crippen molar-refractivity contribution in [1.82, 2.24) is 10.3 Å². The van der Waals surface area contributed by atoms with Crippen molar-refractivity contribution in [2.75, 3.05) is 18.5 Å². The first-order valence-corrected chi connectivity index (χ1v) is 7.71. The van der Waals surface area contributed by atoms with Crippen LogP contribution in [0.3, 0.4) is 0 Å². The summed E-state index contributed by atoms with van der Waals surface area (Å²) in [6.45, 7) is 4.59. The predicted octanol–water partition coefficient (Wildman–Crippen LogP) is 1.54. The molecule has 5 nitrogen and oxygen atoms in total. The fraction of sp³-hybridized carbons (Fsp3) is 0.692. The Morgan fingerprint density at radius 2 is 2.53 bits per heavy atom. The fourth-order valence-electron chi connectivity index (χ4n) is 2.73. The number of ether oxygens (including phenoxy) is 1. The predicted molar refractivity (Wildman–Crippen MR) is 74.3 cm³/mol. The topological polar surface area (TPSA) is 63.2 Å². The summed E-state index contributed by atoms with van der Waals surface area (Å²) in [4.78, 5) is 18.0. The molecular formula is C13H19N3O2S. The number of fused-ring (bicyclic) bond motifs is 1. The standard InChI is InChI=1S/C13H19N3O2S/c1-2-10-8(4-6-18-10)12(17)16-13-15-9-3-5-14-7-11(9)19-13/h8,10,14H,2-7H2,1H3,(H,15,16,17). The Labute approximate surface area is 116 Å². The normalized spacial score (nSPS) is 26.2. The Bertz CT molecular complexity index is 451. The molecule has 0 aromatic carbocycles. The largest absolute Gasteiger partial charge is 0.377 e. The van der Waals surface area contributed by atoms with E-state index in [1.807, 2.05) is 0 Å². The van der Waals surface area contributed by atoms with Crippen molar-refractivity contribution < 1.29 is 9.53 Å². The highest BCUT2D eigenvalue weighted by molar-refractivity contribution is 7.15. The monoisotopic (exact) mass is 281 g/mol. The minimum absolute atomic E-state index is 0.0240. The third-order valence-corrected chi connectivity index (χ3v) is 4.79. The summed E-state index contributed by atoms with van der Waals surface area (Å²) in [7, 11) is 0. The van der Waals surface area contributed by atoms with Gasteiger partial charge in [0.15, 0.2) is 5.13 Å². The number of carbonyl (C=O) groups is 1. The molecule has 1 fully saturated rings. The Hall–Kier alpha value is -0.980. The highest BCUT2D eigenvalue weighted by Crippen LogP contribution is 2.28. The fourth-order valence-corrected chi connectivity index (χ4v) is 3.71. The van der Waals surface area contributed by atoms with Crippen molar-refractivity contribution in [3.8, 4) is 0 Å². The van der Waals surface area contributed by atoms with Crippen molar-refractivity contribution in [2.45, 2.75) is 38.8 Å². The summed E-state index contributed by atoms with van der Waals surface area (Å²) in [5.41, 5.74) is 1.13. The lowest BCUT2D eigenvalue weighted by Gasteiger charge is -2.15. The van der Waals surface area contributed by atoms with Gasteiger partial charge in [0, 0.05) is 31.0 Å². The van der Waals surface area contributed by atoms with Crippen molar-refractivity contribution in [2.24, 2.45) is 5.92 Å². The maximum absolute atomic E-state index is 12.3. The van der Waals surface area contributed by atoms with Crippen molar-refractivity contribution >= 4 is 22.4 Å². The van der Waals surface area contributed by atoms with Crippen LogP contribution in [0.2, 0.25) is 0 Å². The summed E-state index contributed by atoms with van der Waals surface area (Å²) in [6, 6.07) is 0. The van der Waals surface area contributed by atoms with E-state index in [0.29, 0.717) is 6.61 Å². The second-order valence-corrected chi connectivity index (χ2v) is 6.10. The number of amides is 1. The first-order valence-electron chi connectivity index (χ1n) is 6.89. The first kappa shape index (κ1) is 13.0. The van der Waals surface area contributed by atoms with E-state index in [9.17, 15) is 4.79 Å². The number of carbonyl (C=O) groups excluding carboxylic acids is 1. The summed E-state index contributed by atoms with van der Waals surface area (Å²) >= 11 is 1.58. The summed E-state index contributed by atoms with van der Waals surface area (Å²) in [6.07, 6.45) is 2.72. The van der Waals surface area contributed by atoms with Gasteiger partial charge in [-0.1, -0.05) is 6.92 Å². The third-order valence-electron chi connectivity index (χ3n) is 3.78. The zero-order chi connectivity index (χ0) is 13.2. The molecule has 0 bridgehead atoms. The number of anilines is 1. The van der Waals surface area contributed by atoms with Crippen molar-refractivity contribution in [3.05, 3.63) is 10.6 Å². The molecule has 104 valence electrons. The van der Waals surface area contributed by atoms with Crippen LogP contribution in [0.5, 0.6) is 0 Å². The summed E-state index contributed by atoms with van der Waals surface area (Å²) < 4.78 is 5.57. The second-order valence-electron chi connectivity index (χ2n) is 5.02. The number of hydrogen-bond donors (Lipinski definition) is 2. The average Bonchev–Trinajstić information content (AvgIpc) is 3.03. The molecule has 2 unspecified atom stereocenters. The smallest absolute Gasteiger partial charge is 0.231 e. The average molecular weight is 281 g/mol. The van der Waals surface area contributed by atoms with Gasteiger partial charge in [-0.2, -0.15) is 0 Å². The van der Waals surface area contributed by atoms with E-state index in [-0.39, 0.29) is 17.9 Å². The number of aromatic nitrogens is 1. The molecule has 3 rings (SSSR count). The number of rotatable bonds is 3. The third kappa shape index (κ3) is 2.66. The molecule has 1 amide bonds. The Morgan fingerprint density at radius 1 is 1.63 bits per heavy atom. The van der Waals surface area contributed by atoms with E-state index in [1.165, 1.54) is 4.88 Å². The summed E-state index contributed by atoms with van der Waals surface area (Å²) in [5.74, 6) is 0.0347. The van der Waals surface area contributed by atoms with Gasteiger partial charge in [-0.05, 0) is 12.8 Å². The van der Waals surface area contributed by atoms with E-state index in [1.54, 1.807) is 11.3 Å². The molecule has 1 aromatic rings. The molecule has 0 radical (unpaired) electrons. The minimum Gasteiger partial charge on any atom is -0.377 e. The molecule has 19 heavy (non-hydrogen) atoms. The lowest BCUT2D eigenvalue weighted by Crippen LogP contribution is -2.29. The van der Waals surface area contributed by atoms with Gasteiger partial charge in [0.1, 0.15) is 0 Å². The second kappa shape index (κ2) is 5.56. The maximum atomic E-state index is 12.3. The van der Waals surface area contributed by atoms with E-state index in [0.717, 1.165) is 43.2 Å². The number of nitrogens with one attached hydrogen (secondary N) is 2. The molecule has 0 saturated carbocycles. The van der Waals surface area contributed by atoms with Gasteiger partial charge in [0.05, 0.1) is 17.7 Å². The van der Waals surface area contributed by atoms with Crippen LogP contribution in [0.25, 0.3) is 0 Å². The van der Waals surface area contributed by atoms with Crippen LogP contribution in [0.4, 0.5) is 5.13 Å². The highest BCUT2D eigenvalue weighted by atomic mass is 32.1. The van der Waals surface area contributed by atoms with Gasteiger partial charge in [-0.25, -0.2) is 4.98 Å². The zero-order valence-corrected chi connectivity index (χ0v) is 11.9. The van der Waals surface area contributed by atoms with Crippen LogP contribution in [0.15, 0.2) is 0 Å². The van der Waals surface area contributed by atoms with E-state index < -0.39 is 0 Å². The van der Waals surface area contributed by atoms with Gasteiger partial charge in [-0.3, -0.25) is 4.79 Å². The molecule has 6 heteroatoms.